The highest BCUT2D eigenvalue weighted by Crippen LogP contribution is 2.39. The molecule has 1 saturated carbocycles. The summed E-state index contributed by atoms with van der Waals surface area (Å²) in [6, 6.07) is 14.4. The summed E-state index contributed by atoms with van der Waals surface area (Å²) in [6.07, 6.45) is 5.42. The van der Waals surface area contributed by atoms with Gasteiger partial charge in [-0.15, -0.1) is 0 Å². The molecule has 3 aromatic rings. The minimum atomic E-state index is 0.492. The van der Waals surface area contributed by atoms with Gasteiger partial charge in [0.25, 0.3) is 0 Å². The fourth-order valence-electron chi connectivity index (χ4n) is 3.84. The molecule has 0 amide bonds. The first kappa shape index (κ1) is 21.3. The molecule has 1 aliphatic carbocycles. The number of benzene rings is 2. The Morgan fingerprint density at radius 2 is 2.00 bits per heavy atom. The number of hydrogen-bond donors (Lipinski definition) is 1. The number of pyridine rings is 1. The van der Waals surface area contributed by atoms with E-state index in [9.17, 15) is 0 Å². The van der Waals surface area contributed by atoms with Crippen molar-refractivity contribution in [3.63, 3.8) is 0 Å². The van der Waals surface area contributed by atoms with E-state index in [2.05, 4.69) is 61.6 Å². The lowest BCUT2D eigenvalue weighted by atomic mass is 10.0. The number of rotatable bonds is 9. The molecule has 0 unspecified atom stereocenters. The second-order valence-electron chi connectivity index (χ2n) is 8.57. The quantitative estimate of drug-likeness (QED) is 0.372. The molecule has 1 heterocycles. The van der Waals surface area contributed by atoms with Crippen molar-refractivity contribution in [1.29, 1.82) is 0 Å². The van der Waals surface area contributed by atoms with E-state index in [1.54, 1.807) is 7.11 Å². The fraction of sp³-hybridized carbons (Fsp3) is 0.385. The standard InChI is InChI=1S/C26H32N4O/c1-18-8-5-6-9-23(18)29-25(19-10-11-19)22-17-28-24-13-12-20(31-4)16-21(24)26(22)27-14-7-15-30(2)3/h5-6,8-9,12-13,16-17,19H,7,10-11,14-15H2,1-4H3,(H,27,28). The third-order valence-electron chi connectivity index (χ3n) is 5.76. The first-order valence-electron chi connectivity index (χ1n) is 11.1. The van der Waals surface area contributed by atoms with Gasteiger partial charge in [0.05, 0.1) is 29.7 Å². The van der Waals surface area contributed by atoms with Crippen LogP contribution in [0.5, 0.6) is 5.75 Å². The summed E-state index contributed by atoms with van der Waals surface area (Å²) in [5.41, 5.74) is 6.55. The summed E-state index contributed by atoms with van der Waals surface area (Å²) < 4.78 is 5.51. The number of anilines is 1. The van der Waals surface area contributed by atoms with Crippen LogP contribution in [-0.2, 0) is 0 Å². The van der Waals surface area contributed by atoms with Crippen LogP contribution >= 0.6 is 0 Å². The fourth-order valence-corrected chi connectivity index (χ4v) is 3.84. The number of aryl methyl sites for hydroxylation is 1. The summed E-state index contributed by atoms with van der Waals surface area (Å²) in [4.78, 5) is 12.2. The Labute approximate surface area is 185 Å². The summed E-state index contributed by atoms with van der Waals surface area (Å²) in [5, 5.41) is 4.81. The van der Waals surface area contributed by atoms with Gasteiger partial charge in [0, 0.05) is 29.6 Å². The van der Waals surface area contributed by atoms with E-state index in [4.69, 9.17) is 14.7 Å². The Hall–Kier alpha value is -2.92. The minimum absolute atomic E-state index is 0.492. The Bertz CT molecular complexity index is 1090. The molecule has 162 valence electrons. The summed E-state index contributed by atoms with van der Waals surface area (Å²) in [5.74, 6) is 1.33. The normalized spacial score (nSPS) is 14.3. The molecule has 0 aliphatic heterocycles. The number of methoxy groups -OCH3 is 1. The van der Waals surface area contributed by atoms with E-state index >= 15 is 0 Å². The predicted octanol–water partition coefficient (Wildman–Crippen LogP) is 5.45. The molecule has 2 aromatic carbocycles. The average Bonchev–Trinajstić information content (AvgIpc) is 3.61. The second-order valence-corrected chi connectivity index (χ2v) is 8.57. The van der Waals surface area contributed by atoms with Crippen LogP contribution in [0.2, 0.25) is 0 Å². The van der Waals surface area contributed by atoms with Gasteiger partial charge in [0.1, 0.15) is 5.75 Å². The van der Waals surface area contributed by atoms with Crippen LogP contribution in [0.1, 0.15) is 30.4 Å². The Kier molecular flexibility index (Phi) is 6.52. The lowest BCUT2D eigenvalue weighted by Crippen LogP contribution is -2.17. The van der Waals surface area contributed by atoms with E-state index in [0.717, 1.165) is 58.8 Å². The van der Waals surface area contributed by atoms with E-state index in [-0.39, 0.29) is 0 Å². The molecule has 1 aromatic heterocycles. The van der Waals surface area contributed by atoms with Gasteiger partial charge < -0.3 is 15.0 Å². The third-order valence-corrected chi connectivity index (χ3v) is 5.76. The molecular weight excluding hydrogens is 384 g/mol. The van der Waals surface area contributed by atoms with Gasteiger partial charge in [-0.1, -0.05) is 18.2 Å². The first-order chi connectivity index (χ1) is 15.1. The van der Waals surface area contributed by atoms with Crippen molar-refractivity contribution < 1.29 is 4.74 Å². The van der Waals surface area contributed by atoms with Crippen LogP contribution in [0.3, 0.4) is 0 Å². The van der Waals surface area contributed by atoms with E-state index < -0.39 is 0 Å². The number of aliphatic imine (C=N–C) groups is 1. The molecule has 5 heteroatoms. The molecule has 1 aliphatic rings. The Balaban J connectivity index is 1.81. The van der Waals surface area contributed by atoms with Crippen molar-refractivity contribution in [2.75, 3.05) is 39.6 Å². The van der Waals surface area contributed by atoms with Gasteiger partial charge in [-0.05, 0) is 76.7 Å². The highest BCUT2D eigenvalue weighted by atomic mass is 16.5. The van der Waals surface area contributed by atoms with Crippen molar-refractivity contribution in [2.45, 2.75) is 26.2 Å². The molecule has 1 fully saturated rings. The Morgan fingerprint density at radius 1 is 1.19 bits per heavy atom. The van der Waals surface area contributed by atoms with Gasteiger partial charge in [-0.25, -0.2) is 0 Å². The van der Waals surface area contributed by atoms with Crippen LogP contribution in [-0.4, -0.2) is 49.9 Å². The van der Waals surface area contributed by atoms with Crippen molar-refractivity contribution in [1.82, 2.24) is 9.88 Å². The van der Waals surface area contributed by atoms with Crippen molar-refractivity contribution in [3.05, 3.63) is 59.8 Å². The molecule has 4 rings (SSSR count). The molecule has 31 heavy (non-hydrogen) atoms. The lowest BCUT2D eigenvalue weighted by Gasteiger charge is -2.18. The van der Waals surface area contributed by atoms with Gasteiger partial charge in [-0.3, -0.25) is 9.98 Å². The summed E-state index contributed by atoms with van der Waals surface area (Å²) in [6.45, 7) is 4.05. The molecule has 0 atom stereocenters. The van der Waals surface area contributed by atoms with Crippen LogP contribution in [0.4, 0.5) is 11.4 Å². The maximum Gasteiger partial charge on any atom is 0.119 e. The van der Waals surface area contributed by atoms with E-state index in [1.165, 1.54) is 18.4 Å². The molecule has 0 bridgehead atoms. The number of nitrogens with zero attached hydrogens (tertiary/aromatic N) is 3. The van der Waals surface area contributed by atoms with Crippen molar-refractivity contribution in [2.24, 2.45) is 10.9 Å². The molecular formula is C26H32N4O. The third kappa shape index (κ3) is 5.05. The van der Waals surface area contributed by atoms with Crippen molar-refractivity contribution in [3.8, 4) is 5.75 Å². The topological polar surface area (TPSA) is 49.8 Å². The van der Waals surface area contributed by atoms with Gasteiger partial charge >= 0.3 is 0 Å². The van der Waals surface area contributed by atoms with E-state index in [1.807, 2.05) is 18.3 Å². The number of aromatic nitrogens is 1. The summed E-state index contributed by atoms with van der Waals surface area (Å²) >= 11 is 0. The predicted molar refractivity (Wildman–Crippen MR) is 130 cm³/mol. The first-order valence-corrected chi connectivity index (χ1v) is 11.1. The van der Waals surface area contributed by atoms with E-state index in [0.29, 0.717) is 5.92 Å². The SMILES string of the molecule is COc1ccc2ncc(C(=Nc3ccccc3C)C3CC3)c(NCCCN(C)C)c2c1. The zero-order chi connectivity index (χ0) is 21.8. The number of hydrogen-bond acceptors (Lipinski definition) is 5. The highest BCUT2D eigenvalue weighted by Gasteiger charge is 2.31. The maximum absolute atomic E-state index is 5.51. The number of fused-ring (bicyclic) bond motifs is 1. The second kappa shape index (κ2) is 9.48. The summed E-state index contributed by atoms with van der Waals surface area (Å²) in [7, 11) is 5.92. The van der Waals surface area contributed by atoms with Crippen LogP contribution in [0.25, 0.3) is 10.9 Å². The lowest BCUT2D eigenvalue weighted by molar-refractivity contribution is 0.405. The number of para-hydroxylation sites is 1. The zero-order valence-corrected chi connectivity index (χ0v) is 19.0. The molecule has 0 saturated heterocycles. The minimum Gasteiger partial charge on any atom is -0.497 e. The van der Waals surface area contributed by atoms with Crippen LogP contribution in [0, 0.1) is 12.8 Å². The molecule has 0 spiro atoms. The smallest absolute Gasteiger partial charge is 0.119 e. The van der Waals surface area contributed by atoms with Gasteiger partial charge in [-0.2, -0.15) is 0 Å². The van der Waals surface area contributed by atoms with Crippen molar-refractivity contribution >= 4 is 28.0 Å². The Morgan fingerprint density at radius 3 is 2.71 bits per heavy atom. The zero-order valence-electron chi connectivity index (χ0n) is 19.0. The van der Waals surface area contributed by atoms with Gasteiger partial charge in [0.2, 0.25) is 0 Å². The monoisotopic (exact) mass is 416 g/mol. The van der Waals surface area contributed by atoms with Crippen LogP contribution in [0.15, 0.2) is 53.7 Å². The van der Waals surface area contributed by atoms with Gasteiger partial charge in [0.15, 0.2) is 0 Å². The molecule has 0 radical (unpaired) electrons. The van der Waals surface area contributed by atoms with Crippen LogP contribution < -0.4 is 10.1 Å². The molecule has 1 N–H and O–H groups in total. The average molecular weight is 417 g/mol. The number of ether oxygens (including phenoxy) is 1. The maximum atomic E-state index is 5.51. The number of nitrogens with one attached hydrogen (secondary N) is 1. The molecule has 5 nitrogen and oxygen atoms in total. The highest BCUT2D eigenvalue weighted by molar-refractivity contribution is 6.13. The largest absolute Gasteiger partial charge is 0.497 e.